The van der Waals surface area contributed by atoms with Gasteiger partial charge in [0, 0.05) is 12.6 Å². The molecule has 4 heteroatoms. The van der Waals surface area contributed by atoms with Gasteiger partial charge in [0.1, 0.15) is 5.60 Å². The Balaban J connectivity index is 2.02. The molecule has 1 aliphatic carbocycles. The van der Waals surface area contributed by atoms with E-state index in [1.54, 1.807) is 0 Å². The molecule has 0 aromatic carbocycles. The molecule has 1 heterocycles. The van der Waals surface area contributed by atoms with Crippen LogP contribution in [0.2, 0.25) is 0 Å². The molecule has 98 valence electrons. The zero-order valence-corrected chi connectivity index (χ0v) is 11.0. The molecule has 0 bridgehead atoms. The number of carbonyl (C=O) groups is 1. The lowest BCUT2D eigenvalue weighted by molar-refractivity contribution is 0.00390. The molecule has 0 spiro atoms. The SMILES string of the molecule is CC(C)(C)OC(=O)N1CCC[C@@H]2CC(O)C[C@@H]21. The first-order valence-corrected chi connectivity index (χ1v) is 6.54. The topological polar surface area (TPSA) is 49.8 Å². The summed E-state index contributed by atoms with van der Waals surface area (Å²) in [5.41, 5.74) is -0.443. The van der Waals surface area contributed by atoms with Gasteiger partial charge in [0.25, 0.3) is 0 Å². The maximum absolute atomic E-state index is 12.1. The van der Waals surface area contributed by atoms with Gasteiger partial charge in [0.2, 0.25) is 0 Å². The lowest BCUT2D eigenvalue weighted by atomic mass is 9.92. The van der Waals surface area contributed by atoms with Gasteiger partial charge < -0.3 is 14.7 Å². The third-order valence-corrected chi connectivity index (χ3v) is 3.63. The van der Waals surface area contributed by atoms with Crippen molar-refractivity contribution in [3.8, 4) is 0 Å². The Labute approximate surface area is 103 Å². The van der Waals surface area contributed by atoms with Crippen LogP contribution in [0.3, 0.4) is 0 Å². The number of hydrogen-bond acceptors (Lipinski definition) is 3. The zero-order chi connectivity index (χ0) is 12.6. The molecule has 1 aliphatic heterocycles. The Morgan fingerprint density at radius 2 is 2.06 bits per heavy atom. The number of fused-ring (bicyclic) bond motifs is 1. The van der Waals surface area contributed by atoms with Gasteiger partial charge in [0.15, 0.2) is 0 Å². The van der Waals surface area contributed by atoms with Gasteiger partial charge in [-0.15, -0.1) is 0 Å². The summed E-state index contributed by atoms with van der Waals surface area (Å²) in [5, 5.41) is 9.71. The third-order valence-electron chi connectivity index (χ3n) is 3.63. The molecular weight excluding hydrogens is 218 g/mol. The van der Waals surface area contributed by atoms with Crippen LogP contribution in [0.1, 0.15) is 46.5 Å². The second-order valence-corrected chi connectivity index (χ2v) is 6.27. The first kappa shape index (κ1) is 12.7. The highest BCUT2D eigenvalue weighted by Gasteiger charge is 2.42. The number of aliphatic hydroxyl groups is 1. The van der Waals surface area contributed by atoms with E-state index in [2.05, 4.69) is 0 Å². The van der Waals surface area contributed by atoms with Crippen LogP contribution in [-0.2, 0) is 4.74 Å². The Kier molecular flexibility index (Phi) is 3.34. The van der Waals surface area contributed by atoms with Crippen LogP contribution in [0.4, 0.5) is 4.79 Å². The van der Waals surface area contributed by atoms with Crippen LogP contribution in [0.15, 0.2) is 0 Å². The predicted molar refractivity (Wildman–Crippen MR) is 64.7 cm³/mol. The van der Waals surface area contributed by atoms with Gasteiger partial charge in [0.05, 0.1) is 6.10 Å². The molecule has 2 aliphatic rings. The van der Waals surface area contributed by atoms with E-state index in [1.807, 2.05) is 25.7 Å². The normalized spacial score (nSPS) is 33.4. The molecular formula is C13H23NO3. The summed E-state index contributed by atoms with van der Waals surface area (Å²) in [5.74, 6) is 0.464. The summed E-state index contributed by atoms with van der Waals surface area (Å²) >= 11 is 0. The fraction of sp³-hybridized carbons (Fsp3) is 0.923. The van der Waals surface area contributed by atoms with Crippen LogP contribution in [0.5, 0.6) is 0 Å². The molecule has 0 aromatic rings. The number of likely N-dealkylation sites (tertiary alicyclic amines) is 1. The van der Waals surface area contributed by atoms with Gasteiger partial charge in [-0.1, -0.05) is 0 Å². The lowest BCUT2D eigenvalue weighted by Gasteiger charge is -2.38. The lowest BCUT2D eigenvalue weighted by Crippen LogP contribution is -2.48. The van der Waals surface area contributed by atoms with Crippen molar-refractivity contribution in [2.45, 2.75) is 64.2 Å². The summed E-state index contributed by atoms with van der Waals surface area (Å²) < 4.78 is 5.43. The van der Waals surface area contributed by atoms with Gasteiger partial charge in [-0.25, -0.2) is 4.79 Å². The third kappa shape index (κ3) is 2.92. The van der Waals surface area contributed by atoms with E-state index in [0.717, 1.165) is 25.8 Å². The quantitative estimate of drug-likeness (QED) is 0.707. The number of hydrogen-bond donors (Lipinski definition) is 1. The second kappa shape index (κ2) is 4.48. The largest absolute Gasteiger partial charge is 0.444 e. The number of piperidine rings is 1. The maximum atomic E-state index is 12.1. The molecule has 3 atom stereocenters. The van der Waals surface area contributed by atoms with Crippen LogP contribution in [0, 0.1) is 5.92 Å². The van der Waals surface area contributed by atoms with Gasteiger partial charge in [-0.2, -0.15) is 0 Å². The fourth-order valence-corrected chi connectivity index (χ4v) is 3.00. The molecule has 0 aromatic heterocycles. The Bertz CT molecular complexity index is 298. The molecule has 1 N–H and O–H groups in total. The smallest absolute Gasteiger partial charge is 0.410 e. The Morgan fingerprint density at radius 3 is 2.71 bits per heavy atom. The molecule has 0 radical (unpaired) electrons. The van der Waals surface area contributed by atoms with Crippen molar-refractivity contribution in [3.05, 3.63) is 0 Å². The minimum absolute atomic E-state index is 0.189. The Morgan fingerprint density at radius 1 is 1.35 bits per heavy atom. The average molecular weight is 241 g/mol. The van der Waals surface area contributed by atoms with Crippen molar-refractivity contribution >= 4 is 6.09 Å². The van der Waals surface area contributed by atoms with E-state index < -0.39 is 5.60 Å². The van der Waals surface area contributed by atoms with Crippen molar-refractivity contribution in [1.29, 1.82) is 0 Å². The van der Waals surface area contributed by atoms with Crippen molar-refractivity contribution in [2.24, 2.45) is 5.92 Å². The van der Waals surface area contributed by atoms with Crippen molar-refractivity contribution in [1.82, 2.24) is 4.90 Å². The number of ether oxygens (including phenoxy) is 1. The number of carbonyl (C=O) groups excluding carboxylic acids is 1. The van der Waals surface area contributed by atoms with E-state index in [9.17, 15) is 9.90 Å². The highest BCUT2D eigenvalue weighted by atomic mass is 16.6. The summed E-state index contributed by atoms with van der Waals surface area (Å²) in [6.45, 7) is 6.42. The molecule has 1 saturated heterocycles. The number of nitrogens with zero attached hydrogens (tertiary/aromatic N) is 1. The first-order valence-electron chi connectivity index (χ1n) is 6.54. The number of aliphatic hydroxyl groups excluding tert-OH is 1. The summed E-state index contributed by atoms with van der Waals surface area (Å²) in [4.78, 5) is 13.9. The molecule has 2 fully saturated rings. The average Bonchev–Trinajstić information content (AvgIpc) is 2.54. The van der Waals surface area contributed by atoms with Crippen LogP contribution in [0.25, 0.3) is 0 Å². The predicted octanol–water partition coefficient (Wildman–Crippen LogP) is 2.16. The summed E-state index contributed by atoms with van der Waals surface area (Å²) in [6.07, 6.45) is 3.23. The van der Waals surface area contributed by atoms with E-state index in [-0.39, 0.29) is 18.2 Å². The summed E-state index contributed by atoms with van der Waals surface area (Å²) in [6, 6.07) is 0.189. The zero-order valence-electron chi connectivity index (χ0n) is 11.0. The standard InChI is InChI=1S/C13H23NO3/c1-13(2,3)17-12(16)14-6-4-5-9-7-10(15)8-11(9)14/h9-11,15H,4-8H2,1-3H3/t9-,10?,11+/m1/s1. The fourth-order valence-electron chi connectivity index (χ4n) is 3.00. The van der Waals surface area contributed by atoms with Gasteiger partial charge in [-0.3, -0.25) is 0 Å². The van der Waals surface area contributed by atoms with Crippen LogP contribution < -0.4 is 0 Å². The molecule has 1 unspecified atom stereocenters. The second-order valence-electron chi connectivity index (χ2n) is 6.27. The number of amides is 1. The highest BCUT2D eigenvalue weighted by Crippen LogP contribution is 2.37. The minimum atomic E-state index is -0.443. The van der Waals surface area contributed by atoms with Crippen LogP contribution >= 0.6 is 0 Å². The maximum Gasteiger partial charge on any atom is 0.410 e. The van der Waals surface area contributed by atoms with Crippen molar-refractivity contribution < 1.29 is 14.6 Å². The minimum Gasteiger partial charge on any atom is -0.444 e. The molecule has 1 saturated carbocycles. The molecule has 2 rings (SSSR count). The van der Waals surface area contributed by atoms with E-state index in [1.165, 1.54) is 0 Å². The van der Waals surface area contributed by atoms with Crippen molar-refractivity contribution in [3.63, 3.8) is 0 Å². The number of rotatable bonds is 0. The molecule has 17 heavy (non-hydrogen) atoms. The van der Waals surface area contributed by atoms with E-state index in [4.69, 9.17) is 4.74 Å². The summed E-state index contributed by atoms with van der Waals surface area (Å²) in [7, 11) is 0. The monoisotopic (exact) mass is 241 g/mol. The molecule has 1 amide bonds. The van der Waals surface area contributed by atoms with E-state index in [0.29, 0.717) is 12.3 Å². The highest BCUT2D eigenvalue weighted by molar-refractivity contribution is 5.68. The van der Waals surface area contributed by atoms with Crippen molar-refractivity contribution in [2.75, 3.05) is 6.54 Å². The Hall–Kier alpha value is -0.770. The van der Waals surface area contributed by atoms with Gasteiger partial charge in [-0.05, 0) is 52.4 Å². The first-order chi connectivity index (χ1) is 7.87. The molecule has 4 nitrogen and oxygen atoms in total. The van der Waals surface area contributed by atoms with E-state index >= 15 is 0 Å². The van der Waals surface area contributed by atoms with Crippen LogP contribution in [-0.4, -0.2) is 40.4 Å². The van der Waals surface area contributed by atoms with Gasteiger partial charge >= 0.3 is 6.09 Å².